The zero-order valence-electron chi connectivity index (χ0n) is 12.4. The highest BCUT2D eigenvalue weighted by Crippen LogP contribution is 2.27. The van der Waals surface area contributed by atoms with Crippen LogP contribution in [0.3, 0.4) is 0 Å². The summed E-state index contributed by atoms with van der Waals surface area (Å²) >= 11 is 0. The SMILES string of the molecule is CCCCCCN(CC)C(C)O[P+](=O)OCCC. The fourth-order valence-corrected chi connectivity index (χ4v) is 2.50. The molecular formula is C13H29NO3P+. The summed E-state index contributed by atoms with van der Waals surface area (Å²) in [4.78, 5) is 2.19. The molecule has 0 spiro atoms. The molecule has 0 N–H and O–H groups in total. The van der Waals surface area contributed by atoms with E-state index in [4.69, 9.17) is 9.05 Å². The fraction of sp³-hybridized carbons (Fsp3) is 1.00. The van der Waals surface area contributed by atoms with Gasteiger partial charge >= 0.3 is 8.25 Å². The molecule has 0 aromatic carbocycles. The lowest BCUT2D eigenvalue weighted by Crippen LogP contribution is -2.34. The van der Waals surface area contributed by atoms with Crippen LogP contribution < -0.4 is 0 Å². The van der Waals surface area contributed by atoms with Crippen LogP contribution in [0.5, 0.6) is 0 Å². The van der Waals surface area contributed by atoms with Crippen LogP contribution in [0.4, 0.5) is 0 Å². The Bertz CT molecular complexity index is 214. The van der Waals surface area contributed by atoms with E-state index in [9.17, 15) is 4.57 Å². The number of hydrogen-bond donors (Lipinski definition) is 0. The first-order valence-electron chi connectivity index (χ1n) is 7.16. The summed E-state index contributed by atoms with van der Waals surface area (Å²) in [5, 5.41) is 0. The van der Waals surface area contributed by atoms with E-state index in [2.05, 4.69) is 18.7 Å². The number of rotatable bonds is 12. The van der Waals surface area contributed by atoms with E-state index in [1.54, 1.807) is 0 Å². The average Bonchev–Trinajstić information content (AvgIpc) is 2.36. The van der Waals surface area contributed by atoms with Crippen LogP contribution in [-0.4, -0.2) is 30.8 Å². The van der Waals surface area contributed by atoms with E-state index in [1.165, 1.54) is 25.7 Å². The lowest BCUT2D eigenvalue weighted by atomic mass is 10.2. The molecule has 108 valence electrons. The van der Waals surface area contributed by atoms with Crippen LogP contribution in [0.1, 0.15) is 59.8 Å². The van der Waals surface area contributed by atoms with Gasteiger partial charge in [0.1, 0.15) is 6.61 Å². The first-order chi connectivity index (χ1) is 8.65. The van der Waals surface area contributed by atoms with Crippen molar-refractivity contribution >= 4 is 8.25 Å². The van der Waals surface area contributed by atoms with E-state index < -0.39 is 8.25 Å². The number of nitrogens with zero attached hydrogens (tertiary/aromatic N) is 1. The topological polar surface area (TPSA) is 38.8 Å². The molecule has 0 saturated carbocycles. The van der Waals surface area contributed by atoms with E-state index in [-0.39, 0.29) is 6.23 Å². The second-order valence-electron chi connectivity index (χ2n) is 4.45. The highest BCUT2D eigenvalue weighted by Gasteiger charge is 2.27. The molecule has 0 bridgehead atoms. The quantitative estimate of drug-likeness (QED) is 0.302. The standard InChI is InChI=1S/C13H29NO3P/c1-5-8-9-10-11-14(7-3)13(4)17-18(15)16-12-6-2/h13H,5-12H2,1-4H3/q+1. The van der Waals surface area contributed by atoms with Gasteiger partial charge in [0.2, 0.25) is 0 Å². The number of hydrogen-bond acceptors (Lipinski definition) is 4. The number of unbranched alkanes of at least 4 members (excludes halogenated alkanes) is 3. The molecule has 0 aliphatic carbocycles. The summed E-state index contributed by atoms with van der Waals surface area (Å²) < 4.78 is 21.9. The Kier molecular flexibility index (Phi) is 12.0. The predicted octanol–water partition coefficient (Wildman–Crippen LogP) is 4.34. The molecule has 0 amide bonds. The van der Waals surface area contributed by atoms with Crippen molar-refractivity contribution in [1.82, 2.24) is 4.90 Å². The van der Waals surface area contributed by atoms with Crippen LogP contribution in [0.25, 0.3) is 0 Å². The highest BCUT2D eigenvalue weighted by molar-refractivity contribution is 7.33. The summed E-state index contributed by atoms with van der Waals surface area (Å²) in [6.07, 6.45) is 5.65. The van der Waals surface area contributed by atoms with Gasteiger partial charge in [-0.3, -0.25) is 4.90 Å². The minimum atomic E-state index is -1.98. The molecule has 0 aliphatic heterocycles. The van der Waals surface area contributed by atoms with Gasteiger partial charge in [-0.05, 0) is 26.3 Å². The summed E-state index contributed by atoms with van der Waals surface area (Å²) in [5.41, 5.74) is 0. The fourth-order valence-electron chi connectivity index (χ4n) is 1.73. The minimum Gasteiger partial charge on any atom is -0.275 e. The van der Waals surface area contributed by atoms with Crippen molar-refractivity contribution in [2.45, 2.75) is 66.0 Å². The first-order valence-corrected chi connectivity index (χ1v) is 8.26. The van der Waals surface area contributed by atoms with Crippen molar-refractivity contribution in [2.24, 2.45) is 0 Å². The van der Waals surface area contributed by atoms with Crippen molar-refractivity contribution in [3.05, 3.63) is 0 Å². The van der Waals surface area contributed by atoms with Crippen molar-refractivity contribution in [3.63, 3.8) is 0 Å². The minimum absolute atomic E-state index is 0.142. The second kappa shape index (κ2) is 12.0. The zero-order valence-corrected chi connectivity index (χ0v) is 13.2. The van der Waals surface area contributed by atoms with E-state index >= 15 is 0 Å². The first kappa shape index (κ1) is 18.0. The second-order valence-corrected chi connectivity index (χ2v) is 5.37. The third kappa shape index (κ3) is 8.98. The van der Waals surface area contributed by atoms with Gasteiger partial charge in [0.15, 0.2) is 6.23 Å². The van der Waals surface area contributed by atoms with Gasteiger partial charge in [0.25, 0.3) is 0 Å². The van der Waals surface area contributed by atoms with Crippen LogP contribution in [0, 0.1) is 0 Å². The monoisotopic (exact) mass is 278 g/mol. The largest absolute Gasteiger partial charge is 0.699 e. The molecule has 0 aliphatic rings. The molecule has 0 radical (unpaired) electrons. The maximum Gasteiger partial charge on any atom is 0.699 e. The van der Waals surface area contributed by atoms with Gasteiger partial charge in [0, 0.05) is 11.1 Å². The molecule has 4 nitrogen and oxygen atoms in total. The van der Waals surface area contributed by atoms with Crippen LogP contribution in [0.15, 0.2) is 0 Å². The summed E-state index contributed by atoms with van der Waals surface area (Å²) in [5.74, 6) is 0. The molecule has 0 aromatic heterocycles. The van der Waals surface area contributed by atoms with Gasteiger partial charge in [0.05, 0.1) is 0 Å². The van der Waals surface area contributed by atoms with Crippen molar-refractivity contribution in [2.75, 3.05) is 19.7 Å². The third-order valence-electron chi connectivity index (χ3n) is 2.86. The molecule has 2 atom stereocenters. The maximum atomic E-state index is 11.5. The summed E-state index contributed by atoms with van der Waals surface area (Å²) in [6.45, 7) is 10.6. The van der Waals surface area contributed by atoms with Crippen LogP contribution in [-0.2, 0) is 13.6 Å². The Morgan fingerprint density at radius 3 is 2.39 bits per heavy atom. The van der Waals surface area contributed by atoms with Crippen molar-refractivity contribution in [3.8, 4) is 0 Å². The van der Waals surface area contributed by atoms with Gasteiger partial charge in [-0.25, -0.2) is 0 Å². The molecule has 0 fully saturated rings. The molecule has 0 aromatic rings. The zero-order chi connectivity index (χ0) is 13.8. The maximum absolute atomic E-state index is 11.5. The van der Waals surface area contributed by atoms with Crippen molar-refractivity contribution < 1.29 is 13.6 Å². The summed E-state index contributed by atoms with van der Waals surface area (Å²) in [6, 6.07) is 0. The third-order valence-corrected chi connectivity index (χ3v) is 3.73. The molecule has 0 rings (SSSR count). The Morgan fingerprint density at radius 1 is 1.11 bits per heavy atom. The van der Waals surface area contributed by atoms with Crippen molar-refractivity contribution in [1.29, 1.82) is 0 Å². The molecule has 5 heteroatoms. The van der Waals surface area contributed by atoms with Crippen LogP contribution >= 0.6 is 8.25 Å². The lowest BCUT2D eigenvalue weighted by molar-refractivity contribution is 0.0345. The van der Waals surface area contributed by atoms with E-state index in [1.807, 2.05) is 13.8 Å². The van der Waals surface area contributed by atoms with Crippen LogP contribution in [0.2, 0.25) is 0 Å². The van der Waals surface area contributed by atoms with Gasteiger partial charge < -0.3 is 0 Å². The molecule has 0 saturated heterocycles. The Labute approximate surface area is 113 Å². The molecule has 0 heterocycles. The smallest absolute Gasteiger partial charge is 0.275 e. The molecular weight excluding hydrogens is 249 g/mol. The van der Waals surface area contributed by atoms with Gasteiger partial charge in [-0.2, -0.15) is 0 Å². The van der Waals surface area contributed by atoms with E-state index in [0.717, 1.165) is 19.5 Å². The highest BCUT2D eigenvalue weighted by atomic mass is 31.1. The summed E-state index contributed by atoms with van der Waals surface area (Å²) in [7, 11) is -1.98. The Hall–Kier alpha value is -0.0200. The Morgan fingerprint density at radius 2 is 1.83 bits per heavy atom. The normalized spacial score (nSPS) is 13.9. The average molecular weight is 278 g/mol. The van der Waals surface area contributed by atoms with Gasteiger partial charge in [-0.15, -0.1) is 9.05 Å². The molecule has 18 heavy (non-hydrogen) atoms. The van der Waals surface area contributed by atoms with E-state index in [0.29, 0.717) is 6.61 Å². The molecule has 2 unspecified atom stereocenters. The Balaban J connectivity index is 3.86. The lowest BCUT2D eigenvalue weighted by Gasteiger charge is -2.23. The van der Waals surface area contributed by atoms with Gasteiger partial charge in [-0.1, -0.05) is 40.0 Å². The predicted molar refractivity (Wildman–Crippen MR) is 75.8 cm³/mol.